The van der Waals surface area contributed by atoms with Crippen LogP contribution in [0.3, 0.4) is 0 Å². The van der Waals surface area contributed by atoms with Crippen LogP contribution in [0.5, 0.6) is 5.75 Å². The van der Waals surface area contributed by atoms with Crippen molar-refractivity contribution < 1.29 is 14.1 Å². The first-order valence-corrected chi connectivity index (χ1v) is 10.2. The molecule has 0 saturated carbocycles. The highest BCUT2D eigenvalue weighted by Gasteiger charge is 2.19. The summed E-state index contributed by atoms with van der Waals surface area (Å²) < 4.78 is 11.1. The second-order valence-electron chi connectivity index (χ2n) is 5.07. The molecule has 1 N–H and O–H groups in total. The van der Waals surface area contributed by atoms with Crippen molar-refractivity contribution in [1.29, 1.82) is 0 Å². The van der Waals surface area contributed by atoms with E-state index >= 15 is 0 Å². The molecule has 0 aliphatic carbocycles. The van der Waals surface area contributed by atoms with E-state index < -0.39 is 8.30 Å². The molecule has 132 valence electrons. The van der Waals surface area contributed by atoms with Gasteiger partial charge in [0.15, 0.2) is 8.30 Å². The van der Waals surface area contributed by atoms with E-state index in [2.05, 4.69) is 18.9 Å². The summed E-state index contributed by atoms with van der Waals surface area (Å²) in [5, 5.41) is 3.16. The number of nitrogens with one attached hydrogen (secondary N) is 1. The van der Waals surface area contributed by atoms with Gasteiger partial charge in [-0.15, -0.1) is 0 Å². The van der Waals surface area contributed by atoms with Crippen LogP contribution in [0.1, 0.15) is 47.5 Å². The fourth-order valence-electron chi connectivity index (χ4n) is 1.84. The smallest absolute Gasteiger partial charge is 0.323 e. The van der Waals surface area contributed by atoms with Crippen LogP contribution in [-0.2, 0) is 9.53 Å². The molecule has 0 aliphatic heterocycles. The first-order chi connectivity index (χ1) is 11.1. The minimum atomic E-state index is -0.913. The summed E-state index contributed by atoms with van der Waals surface area (Å²) in [6, 6.07) is 9.22. The van der Waals surface area contributed by atoms with E-state index in [9.17, 15) is 4.79 Å². The minimum absolute atomic E-state index is 0.215. The Labute approximate surface area is 142 Å². The number of para-hydroxylation sites is 1. The van der Waals surface area contributed by atoms with Gasteiger partial charge in [0.05, 0.1) is 6.61 Å². The van der Waals surface area contributed by atoms with Gasteiger partial charge in [0.2, 0.25) is 0 Å². The summed E-state index contributed by atoms with van der Waals surface area (Å²) in [7, 11) is -0.913. The Kier molecular flexibility index (Phi) is 12.7. The van der Waals surface area contributed by atoms with Crippen molar-refractivity contribution in [3.05, 3.63) is 30.3 Å². The molecule has 2 atom stereocenters. The summed E-state index contributed by atoms with van der Waals surface area (Å²) >= 11 is 0. The first-order valence-electron chi connectivity index (χ1n) is 8.46. The summed E-state index contributed by atoms with van der Waals surface area (Å²) in [5.41, 5.74) is 0. The molecule has 0 amide bonds. The zero-order valence-corrected chi connectivity index (χ0v) is 16.2. The largest absolute Gasteiger partial charge is 0.464 e. The van der Waals surface area contributed by atoms with Crippen molar-refractivity contribution >= 4 is 14.3 Å². The summed E-state index contributed by atoms with van der Waals surface area (Å²) in [6.07, 6.45) is 2.06. The third kappa shape index (κ3) is 9.58. The van der Waals surface area contributed by atoms with Crippen LogP contribution >= 0.6 is 8.30 Å². The normalized spacial score (nSPS) is 12.8. The number of ether oxygens (including phenoxy) is 1. The average Bonchev–Trinajstić information content (AvgIpc) is 2.58. The second-order valence-corrected chi connectivity index (χ2v) is 6.50. The molecule has 23 heavy (non-hydrogen) atoms. The Morgan fingerprint density at radius 1 is 1.17 bits per heavy atom. The van der Waals surface area contributed by atoms with E-state index in [1.807, 2.05) is 57.8 Å². The monoisotopic (exact) mass is 341 g/mol. The lowest BCUT2D eigenvalue weighted by molar-refractivity contribution is -0.146. The van der Waals surface area contributed by atoms with Crippen molar-refractivity contribution in [1.82, 2.24) is 5.09 Å². The fourth-order valence-corrected chi connectivity index (χ4v) is 2.98. The van der Waals surface area contributed by atoms with Gasteiger partial charge in [-0.1, -0.05) is 58.7 Å². The van der Waals surface area contributed by atoms with Crippen LogP contribution in [0.25, 0.3) is 0 Å². The molecule has 1 rings (SSSR count). The molecule has 0 bridgehead atoms. The van der Waals surface area contributed by atoms with Gasteiger partial charge in [0.1, 0.15) is 11.8 Å². The summed E-state index contributed by atoms with van der Waals surface area (Å²) in [6.45, 7) is 12.5. The Morgan fingerprint density at radius 2 is 1.74 bits per heavy atom. The highest BCUT2D eigenvalue weighted by atomic mass is 31.2. The number of hydrogen-bond donors (Lipinski definition) is 1. The predicted octanol–water partition coefficient (Wildman–Crippen LogP) is 4.99. The van der Waals surface area contributed by atoms with Crippen molar-refractivity contribution in [3.8, 4) is 5.75 Å². The average molecular weight is 341 g/mol. The van der Waals surface area contributed by atoms with E-state index in [0.29, 0.717) is 12.5 Å². The molecule has 1 aromatic rings. The summed E-state index contributed by atoms with van der Waals surface area (Å²) in [4.78, 5) is 11.9. The molecule has 0 heterocycles. The maximum atomic E-state index is 11.9. The van der Waals surface area contributed by atoms with Gasteiger partial charge < -0.3 is 9.26 Å². The lowest BCUT2D eigenvalue weighted by atomic mass is 10.1. The van der Waals surface area contributed by atoms with Gasteiger partial charge in [0, 0.05) is 6.66 Å². The molecule has 0 saturated heterocycles. The molecule has 5 heteroatoms. The fraction of sp³-hybridized carbons (Fsp3) is 0.611. The minimum Gasteiger partial charge on any atom is -0.464 e. The van der Waals surface area contributed by atoms with Crippen molar-refractivity contribution in [2.24, 2.45) is 5.92 Å². The van der Waals surface area contributed by atoms with E-state index in [0.717, 1.165) is 18.6 Å². The van der Waals surface area contributed by atoms with Crippen LogP contribution in [-0.4, -0.2) is 25.3 Å². The zero-order valence-electron chi connectivity index (χ0n) is 15.3. The Bertz CT molecular complexity index is 410. The van der Waals surface area contributed by atoms with Crippen LogP contribution in [0.15, 0.2) is 30.3 Å². The maximum absolute atomic E-state index is 11.9. The number of hydrogen-bond acceptors (Lipinski definition) is 4. The van der Waals surface area contributed by atoms with Crippen molar-refractivity contribution in [3.63, 3.8) is 0 Å². The van der Waals surface area contributed by atoms with Crippen molar-refractivity contribution in [2.75, 3.05) is 13.3 Å². The van der Waals surface area contributed by atoms with Crippen LogP contribution in [0.2, 0.25) is 0 Å². The highest BCUT2D eigenvalue weighted by Crippen LogP contribution is 2.30. The van der Waals surface area contributed by atoms with E-state index in [1.165, 1.54) is 0 Å². The molecule has 1 unspecified atom stereocenters. The molecule has 0 fully saturated rings. The number of carbonyl (C=O) groups is 1. The van der Waals surface area contributed by atoms with Gasteiger partial charge in [-0.05, 0) is 25.0 Å². The molecule has 1 aromatic carbocycles. The second kappa shape index (κ2) is 13.3. The van der Waals surface area contributed by atoms with Gasteiger partial charge in [0.25, 0.3) is 0 Å². The lowest BCUT2D eigenvalue weighted by Gasteiger charge is -2.20. The standard InChI is InChI=1S/C16H26NO3P.C2H6/c1-5-14(6-2)12-19-16(18)13(3)17-21(4)20-15-10-8-7-9-11-15;1-2/h7-11,13-14,17H,5-6,12H2,1-4H3;1-2H3/t13?,21-;/m1./s1. The van der Waals surface area contributed by atoms with Crippen LogP contribution < -0.4 is 9.61 Å². The molecular weight excluding hydrogens is 309 g/mol. The van der Waals surface area contributed by atoms with E-state index in [4.69, 9.17) is 9.26 Å². The number of rotatable bonds is 9. The van der Waals surface area contributed by atoms with Gasteiger partial charge in [-0.25, -0.2) is 0 Å². The van der Waals surface area contributed by atoms with Gasteiger partial charge in [-0.3, -0.25) is 9.88 Å². The Hall–Kier alpha value is -1.12. The van der Waals surface area contributed by atoms with Crippen LogP contribution in [0, 0.1) is 5.92 Å². The van der Waals surface area contributed by atoms with Gasteiger partial charge in [-0.2, -0.15) is 0 Å². The lowest BCUT2D eigenvalue weighted by Crippen LogP contribution is -2.33. The number of esters is 1. The molecule has 0 spiro atoms. The van der Waals surface area contributed by atoms with Crippen LogP contribution in [0.4, 0.5) is 0 Å². The summed E-state index contributed by atoms with van der Waals surface area (Å²) in [5.74, 6) is 1.04. The Morgan fingerprint density at radius 3 is 2.26 bits per heavy atom. The predicted molar refractivity (Wildman–Crippen MR) is 98.9 cm³/mol. The quantitative estimate of drug-likeness (QED) is 0.508. The van der Waals surface area contributed by atoms with Crippen molar-refractivity contribution in [2.45, 2.75) is 53.5 Å². The molecular formula is C18H32NO3P. The molecule has 0 radical (unpaired) electrons. The first kappa shape index (κ1) is 21.9. The Balaban J connectivity index is 0.00000232. The van der Waals surface area contributed by atoms with Gasteiger partial charge >= 0.3 is 5.97 Å². The van der Waals surface area contributed by atoms with E-state index in [1.54, 1.807) is 0 Å². The number of carbonyl (C=O) groups excluding carboxylic acids is 1. The molecule has 0 aromatic heterocycles. The van der Waals surface area contributed by atoms with E-state index in [-0.39, 0.29) is 12.0 Å². The highest BCUT2D eigenvalue weighted by molar-refractivity contribution is 7.49. The number of benzene rings is 1. The topological polar surface area (TPSA) is 47.6 Å². The zero-order chi connectivity index (χ0) is 17.7. The third-order valence-corrected chi connectivity index (χ3v) is 4.57. The SMILES string of the molecule is CC.CCC(CC)COC(=O)C(C)N[P@@](C)Oc1ccccc1. The third-order valence-electron chi connectivity index (χ3n) is 3.33. The molecule has 4 nitrogen and oxygen atoms in total. The maximum Gasteiger partial charge on any atom is 0.323 e. The molecule has 0 aliphatic rings.